The third-order valence-electron chi connectivity index (χ3n) is 4.55. The molecular formula is C18H20Br2N2O4. The molecule has 6 nitrogen and oxygen atoms in total. The van der Waals surface area contributed by atoms with Gasteiger partial charge in [0, 0.05) is 31.3 Å². The first-order valence-corrected chi connectivity index (χ1v) is 9.76. The lowest BCUT2D eigenvalue weighted by molar-refractivity contribution is 0.0633. The third kappa shape index (κ3) is 3.50. The number of aromatic nitrogens is 1. The van der Waals surface area contributed by atoms with E-state index in [2.05, 4.69) is 31.9 Å². The van der Waals surface area contributed by atoms with Crippen molar-refractivity contribution in [2.24, 2.45) is 0 Å². The molecule has 1 amide bonds. The minimum Gasteiger partial charge on any atom is -0.497 e. The van der Waals surface area contributed by atoms with Gasteiger partial charge in [-0.1, -0.05) is 0 Å². The monoisotopic (exact) mass is 486 g/mol. The van der Waals surface area contributed by atoms with Crippen molar-refractivity contribution in [3.63, 3.8) is 0 Å². The number of aliphatic hydroxyl groups is 1. The highest BCUT2D eigenvalue weighted by Crippen LogP contribution is 2.36. The van der Waals surface area contributed by atoms with Crippen molar-refractivity contribution >= 4 is 37.8 Å². The Morgan fingerprint density at radius 2 is 2.00 bits per heavy atom. The molecule has 3 rings (SSSR count). The van der Waals surface area contributed by atoms with Crippen molar-refractivity contribution in [1.82, 2.24) is 9.47 Å². The quantitative estimate of drug-likeness (QED) is 0.676. The molecule has 26 heavy (non-hydrogen) atoms. The first-order chi connectivity index (χ1) is 12.5. The summed E-state index contributed by atoms with van der Waals surface area (Å²) < 4.78 is 14.3. The maximum Gasteiger partial charge on any atom is 0.270 e. The van der Waals surface area contributed by atoms with Crippen LogP contribution in [0.15, 0.2) is 33.3 Å². The zero-order valence-electron chi connectivity index (χ0n) is 14.5. The van der Waals surface area contributed by atoms with E-state index in [4.69, 9.17) is 9.47 Å². The number of methoxy groups -OCH3 is 2. The number of halogens is 2. The molecule has 1 aliphatic heterocycles. The van der Waals surface area contributed by atoms with Crippen LogP contribution in [0.4, 0.5) is 0 Å². The van der Waals surface area contributed by atoms with Gasteiger partial charge in [0.15, 0.2) is 0 Å². The van der Waals surface area contributed by atoms with E-state index in [1.165, 1.54) is 0 Å². The van der Waals surface area contributed by atoms with Gasteiger partial charge in [-0.2, -0.15) is 0 Å². The Morgan fingerprint density at radius 3 is 2.65 bits per heavy atom. The Kier molecular flexibility index (Phi) is 5.94. The Balaban J connectivity index is 1.93. The number of ether oxygens (including phenoxy) is 2. The molecule has 1 aliphatic rings. The molecule has 0 radical (unpaired) electrons. The second-order valence-corrected chi connectivity index (χ2v) is 7.67. The zero-order chi connectivity index (χ0) is 18.8. The van der Waals surface area contributed by atoms with Crippen LogP contribution >= 0.6 is 31.9 Å². The predicted octanol–water partition coefficient (Wildman–Crippen LogP) is 3.61. The molecule has 140 valence electrons. The normalized spacial score (nSPS) is 16.6. The molecule has 0 aliphatic carbocycles. The van der Waals surface area contributed by atoms with Gasteiger partial charge in [0.05, 0.1) is 29.3 Å². The van der Waals surface area contributed by atoms with Crippen molar-refractivity contribution in [2.45, 2.75) is 19.0 Å². The lowest BCUT2D eigenvalue weighted by Crippen LogP contribution is -2.42. The van der Waals surface area contributed by atoms with Gasteiger partial charge in [-0.05, 0) is 56.5 Å². The highest BCUT2D eigenvalue weighted by Gasteiger charge is 2.33. The molecule has 1 N–H and O–H groups in total. The van der Waals surface area contributed by atoms with E-state index in [0.717, 1.165) is 14.6 Å². The molecule has 0 unspecified atom stereocenters. The summed E-state index contributed by atoms with van der Waals surface area (Å²) in [5.74, 6) is 1.33. The molecule has 0 bridgehead atoms. The fourth-order valence-electron chi connectivity index (χ4n) is 3.27. The van der Waals surface area contributed by atoms with E-state index >= 15 is 0 Å². The summed E-state index contributed by atoms with van der Waals surface area (Å²) in [7, 11) is 3.20. The highest BCUT2D eigenvalue weighted by atomic mass is 79.9. The van der Waals surface area contributed by atoms with Crippen LogP contribution in [0.3, 0.4) is 0 Å². The fraction of sp³-hybridized carbons (Fsp3) is 0.389. The lowest BCUT2D eigenvalue weighted by Gasteiger charge is -2.35. The molecular weight excluding hydrogens is 468 g/mol. The summed E-state index contributed by atoms with van der Waals surface area (Å²) >= 11 is 7.00. The number of carbonyl (C=O) groups is 1. The van der Waals surface area contributed by atoms with Gasteiger partial charge in [0.1, 0.15) is 17.2 Å². The summed E-state index contributed by atoms with van der Waals surface area (Å²) in [5.41, 5.74) is 1.50. The van der Waals surface area contributed by atoms with Crippen molar-refractivity contribution in [1.29, 1.82) is 0 Å². The van der Waals surface area contributed by atoms with Crippen molar-refractivity contribution in [2.75, 3.05) is 27.4 Å². The number of hydrogen-bond acceptors (Lipinski definition) is 4. The van der Waals surface area contributed by atoms with Crippen LogP contribution in [0.1, 0.15) is 28.5 Å². The molecule has 1 atom stereocenters. The summed E-state index contributed by atoms with van der Waals surface area (Å²) in [6, 6.07) is 7.38. The van der Waals surface area contributed by atoms with Gasteiger partial charge >= 0.3 is 0 Å². The van der Waals surface area contributed by atoms with E-state index in [1.54, 1.807) is 19.1 Å². The van der Waals surface area contributed by atoms with Gasteiger partial charge in [-0.3, -0.25) is 4.79 Å². The average Bonchev–Trinajstić information content (AvgIpc) is 2.95. The largest absolute Gasteiger partial charge is 0.497 e. The first kappa shape index (κ1) is 19.3. The second-order valence-electron chi connectivity index (χ2n) is 6.07. The number of amides is 1. The van der Waals surface area contributed by atoms with Crippen LogP contribution in [-0.4, -0.2) is 47.9 Å². The maximum atomic E-state index is 13.0. The van der Waals surface area contributed by atoms with E-state index in [0.29, 0.717) is 36.7 Å². The number of nitrogens with zero attached hydrogens (tertiary/aromatic N) is 2. The van der Waals surface area contributed by atoms with Crippen LogP contribution in [0.5, 0.6) is 11.5 Å². The Morgan fingerprint density at radius 1 is 1.23 bits per heavy atom. The van der Waals surface area contributed by atoms with Crippen molar-refractivity contribution < 1.29 is 19.4 Å². The summed E-state index contributed by atoms with van der Waals surface area (Å²) in [6.45, 7) is 0.996. The van der Waals surface area contributed by atoms with Crippen LogP contribution in [0.25, 0.3) is 0 Å². The van der Waals surface area contributed by atoms with E-state index < -0.39 is 0 Å². The first-order valence-electron chi connectivity index (χ1n) is 8.17. The van der Waals surface area contributed by atoms with Gasteiger partial charge in [0.2, 0.25) is 0 Å². The molecule has 0 saturated carbocycles. The van der Waals surface area contributed by atoms with Gasteiger partial charge in [-0.15, -0.1) is 0 Å². The number of benzene rings is 1. The second kappa shape index (κ2) is 8.02. The van der Waals surface area contributed by atoms with Crippen LogP contribution < -0.4 is 9.47 Å². The summed E-state index contributed by atoms with van der Waals surface area (Å²) in [6.07, 6.45) is 0.566. The van der Waals surface area contributed by atoms with Gasteiger partial charge in [0.25, 0.3) is 5.91 Å². The molecule has 8 heteroatoms. The minimum atomic E-state index is -0.0524. The molecule has 2 heterocycles. The summed E-state index contributed by atoms with van der Waals surface area (Å²) in [4.78, 5) is 14.8. The molecule has 1 aromatic heterocycles. The minimum absolute atomic E-state index is 0.00221. The highest BCUT2D eigenvalue weighted by molar-refractivity contribution is 9.13. The zero-order valence-corrected chi connectivity index (χ0v) is 17.7. The van der Waals surface area contributed by atoms with Crippen LogP contribution in [-0.2, 0) is 6.54 Å². The van der Waals surface area contributed by atoms with E-state index in [9.17, 15) is 9.90 Å². The lowest BCUT2D eigenvalue weighted by atomic mass is 10.1. The van der Waals surface area contributed by atoms with E-state index in [-0.39, 0.29) is 18.6 Å². The van der Waals surface area contributed by atoms with Crippen LogP contribution in [0, 0.1) is 0 Å². The van der Waals surface area contributed by atoms with Gasteiger partial charge < -0.3 is 24.0 Å². The Hall–Kier alpha value is -1.51. The SMILES string of the molecule is COc1ccc(CN2C[C@H](CCO)n3c(cc(Br)c3Br)C2=O)c(OC)c1. The smallest absolute Gasteiger partial charge is 0.270 e. The van der Waals surface area contributed by atoms with Gasteiger partial charge in [-0.25, -0.2) is 0 Å². The molecule has 0 fully saturated rings. The molecule has 1 aromatic carbocycles. The number of carbonyl (C=O) groups excluding carboxylic acids is 1. The summed E-state index contributed by atoms with van der Waals surface area (Å²) in [5, 5.41) is 9.45. The molecule has 2 aromatic rings. The predicted molar refractivity (Wildman–Crippen MR) is 105 cm³/mol. The molecule has 0 saturated heterocycles. The fourth-order valence-corrected chi connectivity index (χ4v) is 4.27. The Labute approximate surface area is 168 Å². The number of fused-ring (bicyclic) bond motifs is 1. The number of hydrogen-bond donors (Lipinski definition) is 1. The maximum absolute atomic E-state index is 13.0. The number of aliphatic hydroxyl groups excluding tert-OH is 1. The third-order valence-corrected chi connectivity index (χ3v) is 6.50. The van der Waals surface area contributed by atoms with Crippen molar-refractivity contribution in [3.05, 3.63) is 44.6 Å². The molecule has 0 spiro atoms. The standard InChI is InChI=1S/C18H20Br2N2O4/c1-25-13-4-3-11(16(7-13)26-2)9-21-10-12(5-6-23)22-15(18(21)24)8-14(19)17(22)20/h3-4,7-8,12,23H,5-6,9-10H2,1-2H3/t12-/m0/s1. The van der Waals surface area contributed by atoms with Crippen LogP contribution in [0.2, 0.25) is 0 Å². The van der Waals surface area contributed by atoms with E-state index in [1.807, 2.05) is 28.8 Å². The Bertz CT molecular complexity index is 822. The topological polar surface area (TPSA) is 63.9 Å². The average molecular weight is 488 g/mol. The number of rotatable bonds is 6. The van der Waals surface area contributed by atoms with Crippen molar-refractivity contribution in [3.8, 4) is 11.5 Å².